The number of thioether (sulfide) groups is 1. The number of rotatable bonds is 10. The van der Waals surface area contributed by atoms with Gasteiger partial charge in [0.15, 0.2) is 23.3 Å². The lowest BCUT2D eigenvalue weighted by atomic mass is 10.1. The van der Waals surface area contributed by atoms with Crippen LogP contribution >= 0.6 is 35.7 Å². The predicted octanol–water partition coefficient (Wildman–Crippen LogP) is 3.40. The van der Waals surface area contributed by atoms with Crippen LogP contribution in [0.2, 0.25) is 0 Å². The van der Waals surface area contributed by atoms with Crippen molar-refractivity contribution in [3.63, 3.8) is 0 Å². The molecular formula is C21H35IN6O2S. The Morgan fingerprint density at radius 3 is 2.45 bits per heavy atom. The van der Waals surface area contributed by atoms with E-state index in [2.05, 4.69) is 33.6 Å². The molecular weight excluding hydrogens is 527 g/mol. The second kappa shape index (κ2) is 13.7. The van der Waals surface area contributed by atoms with E-state index in [9.17, 15) is 0 Å². The van der Waals surface area contributed by atoms with Gasteiger partial charge in [-0.2, -0.15) is 11.8 Å². The summed E-state index contributed by atoms with van der Waals surface area (Å²) in [6.45, 7) is 6.05. The molecule has 31 heavy (non-hydrogen) atoms. The topological polar surface area (TPSA) is 76.8 Å². The minimum Gasteiger partial charge on any atom is -0.493 e. The number of benzene rings is 1. The van der Waals surface area contributed by atoms with Crippen molar-refractivity contribution in [1.29, 1.82) is 0 Å². The lowest BCUT2D eigenvalue weighted by Gasteiger charge is -2.24. The Kier molecular flexibility index (Phi) is 12.1. The van der Waals surface area contributed by atoms with Gasteiger partial charge in [0.1, 0.15) is 12.4 Å². The summed E-state index contributed by atoms with van der Waals surface area (Å²) in [7, 11) is 7.31. The third-order valence-corrected chi connectivity index (χ3v) is 5.67. The Morgan fingerprint density at radius 2 is 1.87 bits per heavy atom. The van der Waals surface area contributed by atoms with Crippen molar-refractivity contribution < 1.29 is 9.47 Å². The third-order valence-electron chi connectivity index (χ3n) is 4.97. The summed E-state index contributed by atoms with van der Waals surface area (Å²) in [5.74, 6) is 5.14. The minimum absolute atomic E-state index is 0. The van der Waals surface area contributed by atoms with E-state index in [1.165, 1.54) is 0 Å². The van der Waals surface area contributed by atoms with Gasteiger partial charge in [-0.1, -0.05) is 0 Å². The Hall–Kier alpha value is -1.69. The van der Waals surface area contributed by atoms with Gasteiger partial charge in [-0.15, -0.1) is 34.2 Å². The smallest absolute Gasteiger partial charge is 0.194 e. The first kappa shape index (κ1) is 27.3. The molecule has 10 heteroatoms. The van der Waals surface area contributed by atoms with Gasteiger partial charge in [0, 0.05) is 27.2 Å². The van der Waals surface area contributed by atoms with Crippen LogP contribution in [0.4, 0.5) is 0 Å². The summed E-state index contributed by atoms with van der Waals surface area (Å²) in [6.07, 6.45) is 3.20. The zero-order chi connectivity index (χ0) is 22.1. The number of ether oxygens (including phenoxy) is 2. The molecule has 2 aromatic rings. The molecule has 0 fully saturated rings. The first-order valence-electron chi connectivity index (χ1n) is 9.96. The molecule has 0 amide bonds. The largest absolute Gasteiger partial charge is 0.493 e. The molecule has 0 bridgehead atoms. The normalized spacial score (nSPS) is 11.1. The molecule has 0 saturated heterocycles. The van der Waals surface area contributed by atoms with Crippen molar-refractivity contribution in [2.45, 2.75) is 33.4 Å². The molecule has 0 aliphatic rings. The van der Waals surface area contributed by atoms with E-state index in [1.807, 2.05) is 49.5 Å². The molecule has 0 atom stereocenters. The first-order chi connectivity index (χ1) is 14.4. The number of aryl methyl sites for hydroxylation is 2. The fourth-order valence-corrected chi connectivity index (χ4v) is 3.42. The lowest BCUT2D eigenvalue weighted by Crippen LogP contribution is -2.39. The van der Waals surface area contributed by atoms with Crippen LogP contribution in [-0.4, -0.2) is 65.4 Å². The van der Waals surface area contributed by atoms with E-state index in [-0.39, 0.29) is 24.0 Å². The highest BCUT2D eigenvalue weighted by Crippen LogP contribution is 2.30. The number of nitrogens with one attached hydrogen (secondary N) is 1. The van der Waals surface area contributed by atoms with E-state index in [1.54, 1.807) is 14.2 Å². The quantitative estimate of drug-likeness (QED) is 0.206. The van der Waals surface area contributed by atoms with Crippen molar-refractivity contribution in [3.8, 4) is 11.5 Å². The third kappa shape index (κ3) is 7.74. The Balaban J connectivity index is 0.00000480. The second-order valence-electron chi connectivity index (χ2n) is 7.13. The fourth-order valence-electron chi connectivity index (χ4n) is 2.99. The number of nitrogens with zero attached hydrogens (tertiary/aromatic N) is 5. The number of aromatic nitrogens is 3. The zero-order valence-electron chi connectivity index (χ0n) is 19.6. The molecule has 1 aromatic carbocycles. The molecule has 8 nitrogen and oxygen atoms in total. The Labute approximate surface area is 207 Å². The lowest BCUT2D eigenvalue weighted by molar-refractivity contribution is 0.353. The maximum Gasteiger partial charge on any atom is 0.194 e. The van der Waals surface area contributed by atoms with Gasteiger partial charge in [0.25, 0.3) is 0 Å². The maximum absolute atomic E-state index is 5.48. The van der Waals surface area contributed by atoms with Crippen molar-refractivity contribution >= 4 is 41.7 Å². The molecule has 0 saturated carbocycles. The SMILES string of the molecule is COc1cc(C)c(CN(C)C(=NCc2nnc(C)n2C)NCCCSC)cc1OC.I. The summed E-state index contributed by atoms with van der Waals surface area (Å²) in [5.41, 5.74) is 2.30. The van der Waals surface area contributed by atoms with E-state index in [0.29, 0.717) is 13.1 Å². The van der Waals surface area contributed by atoms with Crippen LogP contribution in [0.25, 0.3) is 0 Å². The van der Waals surface area contributed by atoms with E-state index >= 15 is 0 Å². The van der Waals surface area contributed by atoms with Gasteiger partial charge in [-0.25, -0.2) is 4.99 Å². The van der Waals surface area contributed by atoms with Crippen molar-refractivity contribution in [1.82, 2.24) is 25.0 Å². The molecule has 2 rings (SSSR count). The van der Waals surface area contributed by atoms with Crippen LogP contribution < -0.4 is 14.8 Å². The number of aliphatic imine (C=N–C) groups is 1. The molecule has 1 aromatic heterocycles. The summed E-state index contributed by atoms with van der Waals surface area (Å²) < 4.78 is 12.9. The van der Waals surface area contributed by atoms with Gasteiger partial charge in [-0.05, 0) is 55.5 Å². The zero-order valence-corrected chi connectivity index (χ0v) is 22.7. The van der Waals surface area contributed by atoms with Crippen LogP contribution in [0.1, 0.15) is 29.2 Å². The maximum atomic E-state index is 5.48. The van der Waals surface area contributed by atoms with Crippen molar-refractivity contribution in [2.75, 3.05) is 39.8 Å². The number of guanidine groups is 1. The Bertz CT molecular complexity index is 859. The molecule has 174 valence electrons. The minimum atomic E-state index is 0. The first-order valence-corrected chi connectivity index (χ1v) is 11.3. The van der Waals surface area contributed by atoms with Crippen LogP contribution in [0.5, 0.6) is 11.5 Å². The van der Waals surface area contributed by atoms with Gasteiger partial charge in [0.05, 0.1) is 14.2 Å². The Morgan fingerprint density at radius 1 is 1.19 bits per heavy atom. The van der Waals surface area contributed by atoms with Gasteiger partial charge in [-0.3, -0.25) is 0 Å². The van der Waals surface area contributed by atoms with Crippen molar-refractivity contribution in [3.05, 3.63) is 34.9 Å². The van der Waals surface area contributed by atoms with E-state index in [4.69, 9.17) is 14.5 Å². The molecule has 0 radical (unpaired) electrons. The molecule has 0 unspecified atom stereocenters. The summed E-state index contributed by atoms with van der Waals surface area (Å²) in [5, 5.41) is 11.8. The van der Waals surface area contributed by atoms with Crippen molar-refractivity contribution in [2.24, 2.45) is 12.0 Å². The highest BCUT2D eigenvalue weighted by atomic mass is 127. The van der Waals surface area contributed by atoms with Crippen LogP contribution in [0.3, 0.4) is 0 Å². The molecule has 0 spiro atoms. The number of hydrogen-bond donors (Lipinski definition) is 1. The number of halogens is 1. The summed E-state index contributed by atoms with van der Waals surface area (Å²) >= 11 is 1.85. The van der Waals surface area contributed by atoms with Gasteiger partial charge in [0.2, 0.25) is 0 Å². The average Bonchev–Trinajstić information content (AvgIpc) is 3.06. The van der Waals surface area contributed by atoms with E-state index in [0.717, 1.165) is 59.0 Å². The highest BCUT2D eigenvalue weighted by Gasteiger charge is 2.13. The standard InChI is InChI=1S/C21H34N6O2S.HI/c1-15-11-18(28-5)19(29-6)12-17(15)14-26(3)21(22-9-8-10-30-7)23-13-20-25-24-16(2)27(20)4;/h11-12H,8-10,13-14H2,1-7H3,(H,22,23);1H. The molecule has 0 aliphatic heterocycles. The van der Waals surface area contributed by atoms with Crippen LogP contribution in [-0.2, 0) is 20.1 Å². The van der Waals surface area contributed by atoms with Gasteiger partial charge >= 0.3 is 0 Å². The summed E-state index contributed by atoms with van der Waals surface area (Å²) in [6, 6.07) is 4.04. The van der Waals surface area contributed by atoms with Crippen LogP contribution in [0.15, 0.2) is 17.1 Å². The number of methoxy groups -OCH3 is 2. The number of hydrogen-bond acceptors (Lipinski definition) is 6. The average molecular weight is 563 g/mol. The van der Waals surface area contributed by atoms with Gasteiger partial charge < -0.3 is 24.3 Å². The highest BCUT2D eigenvalue weighted by molar-refractivity contribution is 14.0. The van der Waals surface area contributed by atoms with E-state index < -0.39 is 0 Å². The summed E-state index contributed by atoms with van der Waals surface area (Å²) in [4.78, 5) is 6.93. The predicted molar refractivity (Wildman–Crippen MR) is 139 cm³/mol. The van der Waals surface area contributed by atoms with Crippen LogP contribution in [0, 0.1) is 13.8 Å². The molecule has 1 heterocycles. The second-order valence-corrected chi connectivity index (χ2v) is 8.11. The monoisotopic (exact) mass is 562 g/mol. The molecule has 1 N–H and O–H groups in total. The fraction of sp³-hybridized carbons (Fsp3) is 0.571. The molecule has 0 aliphatic carbocycles.